The van der Waals surface area contributed by atoms with E-state index in [0.717, 1.165) is 43.3 Å². The molecule has 0 spiro atoms. The number of ether oxygens (including phenoxy) is 2. The van der Waals surface area contributed by atoms with Crippen LogP contribution in [0.3, 0.4) is 0 Å². The molecule has 1 aliphatic heterocycles. The number of aryl methyl sites for hydroxylation is 1. The first-order valence-corrected chi connectivity index (χ1v) is 7.86. The molecular formula is C15H26N4O2. The third-order valence-corrected chi connectivity index (χ3v) is 3.20. The fraction of sp³-hybridized carbons (Fsp3) is 0.733. The van der Waals surface area contributed by atoms with Gasteiger partial charge in [-0.05, 0) is 12.8 Å². The Morgan fingerprint density at radius 3 is 2.62 bits per heavy atom. The Hall–Kier alpha value is -1.40. The van der Waals surface area contributed by atoms with Crippen LogP contribution < -0.4 is 10.6 Å². The minimum atomic E-state index is 0.0930. The van der Waals surface area contributed by atoms with Crippen LogP contribution in [-0.2, 0) is 15.9 Å². The lowest BCUT2D eigenvalue weighted by Gasteiger charge is -2.23. The van der Waals surface area contributed by atoms with Crippen LogP contribution in [0.25, 0.3) is 0 Å². The number of rotatable bonds is 8. The summed E-state index contributed by atoms with van der Waals surface area (Å²) in [5, 5.41) is 6.66. The molecule has 1 fully saturated rings. The molecule has 2 N–H and O–H groups in total. The van der Waals surface area contributed by atoms with Crippen molar-refractivity contribution in [1.29, 1.82) is 0 Å². The molecule has 0 bridgehead atoms. The Bertz CT molecular complexity index is 422. The van der Waals surface area contributed by atoms with Gasteiger partial charge in [-0.25, -0.2) is 9.97 Å². The highest BCUT2D eigenvalue weighted by molar-refractivity contribution is 5.47. The molecule has 0 aromatic carbocycles. The lowest BCUT2D eigenvalue weighted by Crippen LogP contribution is -2.34. The van der Waals surface area contributed by atoms with E-state index in [1.54, 1.807) is 0 Å². The standard InChI is InChI=1S/C15H26N4O2/c1-3-5-13-18-14(16-6-4-2)9-15(19-13)17-10-12-11-20-7-8-21-12/h9,12H,3-8,10-11H2,1-2H3,(H2,16,17,18,19). The summed E-state index contributed by atoms with van der Waals surface area (Å²) in [7, 11) is 0. The maximum absolute atomic E-state index is 5.63. The first-order valence-electron chi connectivity index (χ1n) is 7.86. The van der Waals surface area contributed by atoms with Gasteiger partial charge < -0.3 is 20.1 Å². The zero-order valence-electron chi connectivity index (χ0n) is 13.0. The van der Waals surface area contributed by atoms with Crippen LogP contribution in [-0.4, -0.2) is 49.0 Å². The average Bonchev–Trinajstić information content (AvgIpc) is 2.52. The molecule has 1 aliphatic rings. The van der Waals surface area contributed by atoms with Gasteiger partial charge in [-0.3, -0.25) is 0 Å². The largest absolute Gasteiger partial charge is 0.376 e. The zero-order chi connectivity index (χ0) is 14.9. The topological polar surface area (TPSA) is 68.3 Å². The SMILES string of the molecule is CCCNc1cc(NCC2COCCO2)nc(CCC)n1. The van der Waals surface area contributed by atoms with Crippen molar-refractivity contribution in [3.63, 3.8) is 0 Å². The van der Waals surface area contributed by atoms with Crippen molar-refractivity contribution in [1.82, 2.24) is 9.97 Å². The van der Waals surface area contributed by atoms with Crippen LogP contribution in [0.2, 0.25) is 0 Å². The number of hydrogen-bond donors (Lipinski definition) is 2. The molecule has 2 rings (SSSR count). The molecule has 0 aliphatic carbocycles. The van der Waals surface area contributed by atoms with Crippen molar-refractivity contribution in [3.8, 4) is 0 Å². The number of hydrogen-bond acceptors (Lipinski definition) is 6. The molecule has 1 unspecified atom stereocenters. The molecule has 1 saturated heterocycles. The predicted molar refractivity (Wildman–Crippen MR) is 83.9 cm³/mol. The molecule has 0 saturated carbocycles. The molecule has 2 heterocycles. The van der Waals surface area contributed by atoms with E-state index >= 15 is 0 Å². The van der Waals surface area contributed by atoms with Gasteiger partial charge in [0.05, 0.1) is 25.9 Å². The molecule has 1 aromatic rings. The lowest BCUT2D eigenvalue weighted by atomic mass is 10.3. The maximum Gasteiger partial charge on any atom is 0.133 e. The van der Waals surface area contributed by atoms with E-state index in [-0.39, 0.29) is 6.10 Å². The molecule has 1 atom stereocenters. The van der Waals surface area contributed by atoms with Gasteiger partial charge in [-0.2, -0.15) is 0 Å². The molecule has 21 heavy (non-hydrogen) atoms. The van der Waals surface area contributed by atoms with Gasteiger partial charge in [0.1, 0.15) is 17.5 Å². The van der Waals surface area contributed by atoms with E-state index < -0.39 is 0 Å². The Balaban J connectivity index is 1.96. The molecule has 6 nitrogen and oxygen atoms in total. The number of nitrogens with zero attached hydrogens (tertiary/aromatic N) is 2. The van der Waals surface area contributed by atoms with Crippen molar-refractivity contribution in [3.05, 3.63) is 11.9 Å². The molecule has 0 amide bonds. The summed E-state index contributed by atoms with van der Waals surface area (Å²) in [6, 6.07) is 1.96. The molecule has 0 radical (unpaired) electrons. The van der Waals surface area contributed by atoms with Gasteiger partial charge in [-0.1, -0.05) is 13.8 Å². The third kappa shape index (κ3) is 5.47. The van der Waals surface area contributed by atoms with Crippen LogP contribution in [0, 0.1) is 0 Å². The summed E-state index contributed by atoms with van der Waals surface area (Å²) in [6.07, 6.45) is 3.09. The molecule has 1 aromatic heterocycles. The van der Waals surface area contributed by atoms with Gasteiger partial charge in [-0.15, -0.1) is 0 Å². The van der Waals surface area contributed by atoms with E-state index in [1.807, 2.05) is 6.07 Å². The summed E-state index contributed by atoms with van der Waals surface area (Å²) in [5.41, 5.74) is 0. The van der Waals surface area contributed by atoms with Crippen molar-refractivity contribution in [2.24, 2.45) is 0 Å². The van der Waals surface area contributed by atoms with Crippen molar-refractivity contribution in [2.45, 2.75) is 39.2 Å². The first kappa shape index (κ1) is 16.0. The highest BCUT2D eigenvalue weighted by Crippen LogP contribution is 2.13. The summed E-state index contributed by atoms with van der Waals surface area (Å²) >= 11 is 0. The second kappa shape index (κ2) is 8.79. The minimum absolute atomic E-state index is 0.0930. The predicted octanol–water partition coefficient (Wildman–Crippen LogP) is 2.08. The molecular weight excluding hydrogens is 268 g/mol. The Labute approximate surface area is 126 Å². The smallest absolute Gasteiger partial charge is 0.133 e. The summed E-state index contributed by atoms with van der Waals surface area (Å²) in [4.78, 5) is 9.09. The summed E-state index contributed by atoms with van der Waals surface area (Å²) in [6.45, 7) is 7.89. The van der Waals surface area contributed by atoms with Crippen LogP contribution in [0.4, 0.5) is 11.6 Å². The number of anilines is 2. The molecule has 6 heteroatoms. The van der Waals surface area contributed by atoms with Crippen LogP contribution >= 0.6 is 0 Å². The Morgan fingerprint density at radius 1 is 1.14 bits per heavy atom. The normalized spacial score (nSPS) is 18.5. The third-order valence-electron chi connectivity index (χ3n) is 3.20. The van der Waals surface area contributed by atoms with E-state index in [4.69, 9.17) is 9.47 Å². The fourth-order valence-electron chi connectivity index (χ4n) is 2.14. The van der Waals surface area contributed by atoms with Crippen molar-refractivity contribution >= 4 is 11.6 Å². The van der Waals surface area contributed by atoms with Gasteiger partial charge in [0.25, 0.3) is 0 Å². The summed E-state index contributed by atoms with van der Waals surface area (Å²) < 4.78 is 11.0. The second-order valence-electron chi connectivity index (χ2n) is 5.18. The summed E-state index contributed by atoms with van der Waals surface area (Å²) in [5.74, 6) is 2.61. The Kier molecular flexibility index (Phi) is 6.69. The van der Waals surface area contributed by atoms with E-state index in [1.165, 1.54) is 0 Å². The second-order valence-corrected chi connectivity index (χ2v) is 5.18. The van der Waals surface area contributed by atoms with Gasteiger partial charge in [0, 0.05) is 25.6 Å². The first-order chi connectivity index (χ1) is 10.3. The van der Waals surface area contributed by atoms with E-state index in [0.29, 0.717) is 26.4 Å². The van der Waals surface area contributed by atoms with E-state index in [9.17, 15) is 0 Å². The highest BCUT2D eigenvalue weighted by atomic mass is 16.6. The van der Waals surface area contributed by atoms with E-state index in [2.05, 4.69) is 34.4 Å². The fourth-order valence-corrected chi connectivity index (χ4v) is 2.14. The quantitative estimate of drug-likeness (QED) is 0.765. The molecule has 118 valence electrons. The van der Waals surface area contributed by atoms with Crippen LogP contribution in [0.1, 0.15) is 32.5 Å². The lowest BCUT2D eigenvalue weighted by molar-refractivity contribution is -0.0819. The average molecular weight is 294 g/mol. The van der Waals surface area contributed by atoms with Crippen molar-refractivity contribution in [2.75, 3.05) is 43.5 Å². The van der Waals surface area contributed by atoms with Crippen LogP contribution in [0.15, 0.2) is 6.07 Å². The number of aromatic nitrogens is 2. The van der Waals surface area contributed by atoms with Gasteiger partial charge >= 0.3 is 0 Å². The van der Waals surface area contributed by atoms with Crippen molar-refractivity contribution < 1.29 is 9.47 Å². The van der Waals surface area contributed by atoms with Gasteiger partial charge in [0.15, 0.2) is 0 Å². The maximum atomic E-state index is 5.63. The monoisotopic (exact) mass is 294 g/mol. The number of nitrogens with one attached hydrogen (secondary N) is 2. The zero-order valence-corrected chi connectivity index (χ0v) is 13.0. The van der Waals surface area contributed by atoms with Crippen LogP contribution in [0.5, 0.6) is 0 Å². The highest BCUT2D eigenvalue weighted by Gasteiger charge is 2.14. The van der Waals surface area contributed by atoms with Gasteiger partial charge in [0.2, 0.25) is 0 Å². The minimum Gasteiger partial charge on any atom is -0.376 e. The Morgan fingerprint density at radius 2 is 1.95 bits per heavy atom.